The van der Waals surface area contributed by atoms with Gasteiger partial charge >= 0.3 is 0 Å². The van der Waals surface area contributed by atoms with Crippen molar-refractivity contribution >= 4 is 27.8 Å². The van der Waals surface area contributed by atoms with E-state index in [2.05, 4.69) is 205 Å². The minimum Gasteiger partial charge on any atom is -0.309 e. The van der Waals surface area contributed by atoms with Crippen LogP contribution in [0, 0.1) is 0 Å². The lowest BCUT2D eigenvalue weighted by atomic mass is 9.87. The summed E-state index contributed by atoms with van der Waals surface area (Å²) in [5, 5.41) is 2.30. The van der Waals surface area contributed by atoms with Gasteiger partial charge < -0.3 is 4.90 Å². The summed E-state index contributed by atoms with van der Waals surface area (Å²) in [7, 11) is 0. The zero-order valence-electron chi connectivity index (χ0n) is 29.2. The summed E-state index contributed by atoms with van der Waals surface area (Å²) in [6.45, 7) is 0. The largest absolute Gasteiger partial charge is 0.309 e. The third-order valence-electron chi connectivity index (χ3n) is 9.91. The van der Waals surface area contributed by atoms with Crippen molar-refractivity contribution in [2.45, 2.75) is 0 Å². The van der Waals surface area contributed by atoms with Gasteiger partial charge in [0.1, 0.15) is 0 Å². The van der Waals surface area contributed by atoms with Crippen molar-refractivity contribution in [1.82, 2.24) is 4.98 Å². The van der Waals surface area contributed by atoms with E-state index in [0.29, 0.717) is 0 Å². The molecule has 8 aromatic carbocycles. The maximum absolute atomic E-state index is 4.71. The molecule has 0 aliphatic heterocycles. The maximum Gasteiger partial charge on any atom is 0.0702 e. The van der Waals surface area contributed by atoms with Crippen LogP contribution in [0.25, 0.3) is 66.5 Å². The quantitative estimate of drug-likeness (QED) is 0.159. The molecule has 53 heavy (non-hydrogen) atoms. The number of fused-ring (bicyclic) bond motifs is 1. The van der Waals surface area contributed by atoms with Gasteiger partial charge in [0, 0.05) is 34.1 Å². The third-order valence-corrected chi connectivity index (χ3v) is 9.91. The Morgan fingerprint density at radius 3 is 1.30 bits per heavy atom. The third kappa shape index (κ3) is 6.39. The Kier molecular flexibility index (Phi) is 8.61. The first kappa shape index (κ1) is 31.9. The summed E-state index contributed by atoms with van der Waals surface area (Å²) in [5.74, 6) is 0. The molecule has 250 valence electrons. The number of anilines is 3. The zero-order valence-corrected chi connectivity index (χ0v) is 29.2. The van der Waals surface area contributed by atoms with Gasteiger partial charge in [-0.05, 0) is 92.9 Å². The summed E-state index contributed by atoms with van der Waals surface area (Å²) in [6, 6.07) is 75.9. The van der Waals surface area contributed by atoms with Gasteiger partial charge in [-0.25, -0.2) is 0 Å². The van der Waals surface area contributed by atoms with Crippen molar-refractivity contribution in [3.8, 4) is 55.8 Å². The first-order valence-corrected chi connectivity index (χ1v) is 18.0. The predicted octanol–water partition coefficient (Wildman–Crippen LogP) is 14.0. The smallest absolute Gasteiger partial charge is 0.0702 e. The van der Waals surface area contributed by atoms with Gasteiger partial charge in [-0.1, -0.05) is 164 Å². The summed E-state index contributed by atoms with van der Waals surface area (Å²) in [6.07, 6.45) is 1.86. The molecule has 9 rings (SSSR count). The Morgan fingerprint density at radius 1 is 0.340 bits per heavy atom. The van der Waals surface area contributed by atoms with Crippen LogP contribution in [-0.2, 0) is 0 Å². The van der Waals surface area contributed by atoms with Crippen LogP contribution in [0.2, 0.25) is 0 Å². The van der Waals surface area contributed by atoms with E-state index in [1.54, 1.807) is 0 Å². The molecule has 0 radical (unpaired) electrons. The maximum atomic E-state index is 4.71. The minimum atomic E-state index is 0.953. The summed E-state index contributed by atoms with van der Waals surface area (Å²) < 4.78 is 0. The van der Waals surface area contributed by atoms with Crippen LogP contribution in [0.4, 0.5) is 17.1 Å². The van der Waals surface area contributed by atoms with E-state index in [-0.39, 0.29) is 0 Å². The second kappa shape index (κ2) is 14.3. The molecule has 0 bridgehead atoms. The number of aromatic nitrogens is 1. The lowest BCUT2D eigenvalue weighted by Crippen LogP contribution is -2.12. The molecule has 0 atom stereocenters. The van der Waals surface area contributed by atoms with E-state index in [1.165, 1.54) is 33.4 Å². The van der Waals surface area contributed by atoms with Gasteiger partial charge in [-0.2, -0.15) is 0 Å². The molecule has 0 fully saturated rings. The molecule has 0 amide bonds. The molecule has 0 aliphatic rings. The Hall–Kier alpha value is -7.03. The van der Waals surface area contributed by atoms with Crippen LogP contribution < -0.4 is 4.90 Å². The van der Waals surface area contributed by atoms with Crippen LogP contribution in [0.5, 0.6) is 0 Å². The Labute approximate surface area is 310 Å². The second-order valence-electron chi connectivity index (χ2n) is 13.2. The summed E-state index contributed by atoms with van der Waals surface area (Å²) in [4.78, 5) is 7.16. The van der Waals surface area contributed by atoms with Gasteiger partial charge in [0.25, 0.3) is 0 Å². The monoisotopic (exact) mass is 676 g/mol. The van der Waals surface area contributed by atoms with Crippen molar-refractivity contribution < 1.29 is 0 Å². The first-order chi connectivity index (χ1) is 26.3. The van der Waals surface area contributed by atoms with E-state index in [0.717, 1.165) is 50.2 Å². The van der Waals surface area contributed by atoms with E-state index in [4.69, 9.17) is 4.98 Å². The molecular weight excluding hydrogens is 641 g/mol. The number of benzene rings is 8. The highest BCUT2D eigenvalue weighted by molar-refractivity contribution is 6.12. The van der Waals surface area contributed by atoms with E-state index in [9.17, 15) is 0 Å². The SMILES string of the molecule is c1ccc(-c2ccc(N(c3ccc(-c4ccccc4)cc3)c3c(-c4ccccc4)c(-c4ccccc4)cc4cc(-c5ccccn5)ccc34)cc2)cc1. The van der Waals surface area contributed by atoms with Crippen LogP contribution in [0.3, 0.4) is 0 Å². The standard InChI is InChI=1S/C51H36N2/c1-5-15-37(16-6-1)39-24-29-45(30-25-39)53(46-31-26-40(27-32-46)38-17-7-2-8-18-38)51-47-33-28-43(49-23-13-14-34-52-49)35-44(47)36-48(41-19-9-3-10-20-41)50(51)42-21-11-4-12-22-42/h1-36H. The second-order valence-corrected chi connectivity index (χ2v) is 13.2. The minimum absolute atomic E-state index is 0.953. The molecule has 9 aromatic rings. The fraction of sp³-hybridized carbons (Fsp3) is 0. The lowest BCUT2D eigenvalue weighted by molar-refractivity contribution is 1.30. The van der Waals surface area contributed by atoms with Crippen molar-refractivity contribution in [2.24, 2.45) is 0 Å². The molecule has 0 saturated carbocycles. The predicted molar refractivity (Wildman–Crippen MR) is 224 cm³/mol. The summed E-state index contributed by atoms with van der Waals surface area (Å²) in [5.41, 5.74) is 14.7. The molecular formula is C51H36N2. The zero-order chi connectivity index (χ0) is 35.4. The first-order valence-electron chi connectivity index (χ1n) is 18.0. The fourth-order valence-electron chi connectivity index (χ4n) is 7.33. The van der Waals surface area contributed by atoms with Crippen LogP contribution >= 0.6 is 0 Å². The number of hydrogen-bond donors (Lipinski definition) is 0. The van der Waals surface area contributed by atoms with Crippen LogP contribution in [0.1, 0.15) is 0 Å². The van der Waals surface area contributed by atoms with Gasteiger partial charge in [-0.3, -0.25) is 4.98 Å². The molecule has 0 unspecified atom stereocenters. The van der Waals surface area contributed by atoms with Gasteiger partial charge in [0.15, 0.2) is 0 Å². The molecule has 1 heterocycles. The highest BCUT2D eigenvalue weighted by atomic mass is 15.1. The molecule has 0 aliphatic carbocycles. The molecule has 1 aromatic heterocycles. The topological polar surface area (TPSA) is 16.1 Å². The van der Waals surface area contributed by atoms with Crippen molar-refractivity contribution in [3.63, 3.8) is 0 Å². The van der Waals surface area contributed by atoms with Crippen molar-refractivity contribution in [1.29, 1.82) is 0 Å². The van der Waals surface area contributed by atoms with E-state index in [1.807, 2.05) is 18.3 Å². The van der Waals surface area contributed by atoms with Crippen LogP contribution in [-0.4, -0.2) is 4.98 Å². The van der Waals surface area contributed by atoms with Gasteiger partial charge in [-0.15, -0.1) is 0 Å². The van der Waals surface area contributed by atoms with E-state index < -0.39 is 0 Å². The lowest BCUT2D eigenvalue weighted by Gasteiger charge is -2.31. The molecule has 0 saturated heterocycles. The molecule has 2 nitrogen and oxygen atoms in total. The van der Waals surface area contributed by atoms with Gasteiger partial charge in [0.05, 0.1) is 11.4 Å². The fourth-order valence-corrected chi connectivity index (χ4v) is 7.33. The average molecular weight is 677 g/mol. The average Bonchev–Trinajstić information content (AvgIpc) is 3.25. The summed E-state index contributed by atoms with van der Waals surface area (Å²) >= 11 is 0. The normalized spacial score (nSPS) is 11.0. The Bertz CT molecular complexity index is 2520. The number of nitrogens with zero attached hydrogens (tertiary/aromatic N) is 2. The Balaban J connectivity index is 1.35. The highest BCUT2D eigenvalue weighted by Gasteiger charge is 2.24. The molecule has 0 N–H and O–H groups in total. The molecule has 2 heteroatoms. The van der Waals surface area contributed by atoms with Crippen molar-refractivity contribution in [2.75, 3.05) is 4.90 Å². The van der Waals surface area contributed by atoms with Crippen LogP contribution in [0.15, 0.2) is 219 Å². The number of rotatable bonds is 8. The molecule has 0 spiro atoms. The van der Waals surface area contributed by atoms with Crippen molar-refractivity contribution in [3.05, 3.63) is 219 Å². The van der Waals surface area contributed by atoms with Gasteiger partial charge in [0.2, 0.25) is 0 Å². The highest BCUT2D eigenvalue weighted by Crippen LogP contribution is 2.50. The number of pyridine rings is 1. The van der Waals surface area contributed by atoms with E-state index >= 15 is 0 Å². The number of hydrogen-bond acceptors (Lipinski definition) is 2. The Morgan fingerprint density at radius 2 is 0.792 bits per heavy atom.